The first-order valence-corrected chi connectivity index (χ1v) is 6.02. The Hall–Kier alpha value is -0.530. The first-order valence-electron chi connectivity index (χ1n) is 5.65. The minimum absolute atomic E-state index is 0.158. The molecular formula is C13H18ClN. The molecule has 15 heavy (non-hydrogen) atoms. The Morgan fingerprint density at radius 2 is 2.00 bits per heavy atom. The first-order chi connectivity index (χ1) is 7.18. The molecule has 82 valence electrons. The molecule has 1 aliphatic carbocycles. The van der Waals surface area contributed by atoms with Gasteiger partial charge < -0.3 is 5.73 Å². The van der Waals surface area contributed by atoms with Gasteiger partial charge in [0.15, 0.2) is 0 Å². The van der Waals surface area contributed by atoms with Crippen molar-refractivity contribution in [2.24, 2.45) is 5.73 Å². The second-order valence-electron chi connectivity index (χ2n) is 4.67. The third kappa shape index (κ3) is 1.91. The third-order valence-corrected chi connectivity index (χ3v) is 3.96. The highest BCUT2D eigenvalue weighted by Gasteiger charge is 2.35. The molecule has 1 aromatic rings. The summed E-state index contributed by atoms with van der Waals surface area (Å²) in [5.74, 6) is 0. The zero-order valence-electron chi connectivity index (χ0n) is 9.22. The Labute approximate surface area is 96.6 Å². The third-order valence-electron chi connectivity index (χ3n) is 3.65. The minimum Gasteiger partial charge on any atom is -0.330 e. The highest BCUT2D eigenvalue weighted by molar-refractivity contribution is 6.31. The molecule has 0 aliphatic heterocycles. The summed E-state index contributed by atoms with van der Waals surface area (Å²) in [6.45, 7) is 2.79. The Kier molecular flexibility index (Phi) is 3.03. The van der Waals surface area contributed by atoms with Crippen LogP contribution in [0.25, 0.3) is 0 Å². The van der Waals surface area contributed by atoms with Crippen LogP contribution >= 0.6 is 11.6 Å². The highest BCUT2D eigenvalue weighted by atomic mass is 35.5. The average Bonchev–Trinajstić information content (AvgIpc) is 2.67. The summed E-state index contributed by atoms with van der Waals surface area (Å²) in [6.07, 6.45) is 4.93. The molecule has 2 heteroatoms. The molecule has 0 atom stereocenters. The molecule has 0 amide bonds. The van der Waals surface area contributed by atoms with Crippen molar-refractivity contribution < 1.29 is 0 Å². The van der Waals surface area contributed by atoms with Crippen molar-refractivity contribution in [3.05, 3.63) is 34.3 Å². The van der Waals surface area contributed by atoms with Gasteiger partial charge in [-0.1, -0.05) is 36.6 Å². The molecule has 1 nitrogen and oxygen atoms in total. The van der Waals surface area contributed by atoms with Crippen LogP contribution in [0.4, 0.5) is 0 Å². The van der Waals surface area contributed by atoms with Gasteiger partial charge >= 0.3 is 0 Å². The summed E-state index contributed by atoms with van der Waals surface area (Å²) < 4.78 is 0. The predicted molar refractivity (Wildman–Crippen MR) is 65.4 cm³/mol. The molecule has 0 spiro atoms. The van der Waals surface area contributed by atoms with Crippen molar-refractivity contribution in [2.75, 3.05) is 6.54 Å². The fourth-order valence-electron chi connectivity index (χ4n) is 2.69. The lowest BCUT2D eigenvalue weighted by molar-refractivity contribution is 0.453. The maximum absolute atomic E-state index is 6.32. The van der Waals surface area contributed by atoms with Gasteiger partial charge in [-0.05, 0) is 37.0 Å². The van der Waals surface area contributed by atoms with Crippen LogP contribution in [0.3, 0.4) is 0 Å². The molecule has 1 saturated carbocycles. The van der Waals surface area contributed by atoms with Crippen LogP contribution in [0.1, 0.15) is 36.8 Å². The molecule has 1 aromatic carbocycles. The lowest BCUT2D eigenvalue weighted by atomic mass is 9.79. The number of aryl methyl sites for hydroxylation is 1. The summed E-state index contributed by atoms with van der Waals surface area (Å²) in [4.78, 5) is 0. The maximum Gasteiger partial charge on any atom is 0.0446 e. The van der Waals surface area contributed by atoms with Crippen LogP contribution in [0.5, 0.6) is 0 Å². The average molecular weight is 224 g/mol. The molecule has 0 radical (unpaired) electrons. The molecule has 0 unspecified atom stereocenters. The molecule has 1 aliphatic rings. The molecule has 0 heterocycles. The number of halogens is 1. The van der Waals surface area contributed by atoms with Gasteiger partial charge in [0.1, 0.15) is 0 Å². The molecule has 2 N–H and O–H groups in total. The molecule has 0 saturated heterocycles. The fraction of sp³-hybridized carbons (Fsp3) is 0.538. The maximum atomic E-state index is 6.32. The second-order valence-corrected chi connectivity index (χ2v) is 5.08. The lowest BCUT2D eigenvalue weighted by Crippen LogP contribution is -2.32. The number of rotatable bonds is 2. The van der Waals surface area contributed by atoms with E-state index in [0.717, 1.165) is 11.6 Å². The Morgan fingerprint density at radius 1 is 1.33 bits per heavy atom. The Morgan fingerprint density at radius 3 is 2.53 bits per heavy atom. The Balaban J connectivity index is 2.42. The van der Waals surface area contributed by atoms with Crippen LogP contribution in [0, 0.1) is 6.92 Å². The monoisotopic (exact) mass is 223 g/mol. The van der Waals surface area contributed by atoms with Crippen LogP contribution in [0.2, 0.25) is 5.02 Å². The summed E-state index contributed by atoms with van der Waals surface area (Å²) in [5.41, 5.74) is 8.58. The Bertz CT molecular complexity index is 354. The van der Waals surface area contributed by atoms with Crippen molar-refractivity contribution in [3.8, 4) is 0 Å². The van der Waals surface area contributed by atoms with Crippen LogP contribution in [-0.4, -0.2) is 6.54 Å². The van der Waals surface area contributed by atoms with Crippen LogP contribution in [0.15, 0.2) is 18.2 Å². The van der Waals surface area contributed by atoms with Gasteiger partial charge in [-0.15, -0.1) is 0 Å². The standard InChI is InChI=1S/C13H18ClN/c1-10-4-5-11(12(14)8-10)13(9-15)6-2-3-7-13/h4-5,8H,2-3,6-7,9,15H2,1H3. The molecule has 0 bridgehead atoms. The van der Waals surface area contributed by atoms with Crippen molar-refractivity contribution in [2.45, 2.75) is 38.0 Å². The summed E-state index contributed by atoms with van der Waals surface area (Å²) >= 11 is 6.32. The number of nitrogens with two attached hydrogens (primary N) is 1. The summed E-state index contributed by atoms with van der Waals surface area (Å²) in [5, 5.41) is 0.891. The van der Waals surface area contributed by atoms with Crippen molar-refractivity contribution >= 4 is 11.6 Å². The van der Waals surface area contributed by atoms with E-state index in [1.807, 2.05) is 6.07 Å². The van der Waals surface area contributed by atoms with Crippen molar-refractivity contribution in [1.29, 1.82) is 0 Å². The van der Waals surface area contributed by atoms with Gasteiger partial charge in [-0.3, -0.25) is 0 Å². The van der Waals surface area contributed by atoms with Crippen molar-refractivity contribution in [1.82, 2.24) is 0 Å². The van der Waals surface area contributed by atoms with Gasteiger partial charge in [-0.25, -0.2) is 0 Å². The van der Waals surface area contributed by atoms with Gasteiger partial charge in [0, 0.05) is 17.0 Å². The van der Waals surface area contributed by atoms with E-state index in [0.29, 0.717) is 0 Å². The highest BCUT2D eigenvalue weighted by Crippen LogP contribution is 2.43. The molecule has 0 aromatic heterocycles. The van der Waals surface area contributed by atoms with Gasteiger partial charge in [0.05, 0.1) is 0 Å². The summed E-state index contributed by atoms with van der Waals surface area (Å²) in [6, 6.07) is 6.35. The van der Waals surface area contributed by atoms with Gasteiger partial charge in [0.2, 0.25) is 0 Å². The number of benzene rings is 1. The SMILES string of the molecule is Cc1ccc(C2(CN)CCCC2)c(Cl)c1. The van der Waals surface area contributed by atoms with E-state index < -0.39 is 0 Å². The van der Waals surface area contributed by atoms with E-state index >= 15 is 0 Å². The van der Waals surface area contributed by atoms with E-state index in [2.05, 4.69) is 19.1 Å². The summed E-state index contributed by atoms with van der Waals surface area (Å²) in [7, 11) is 0. The van der Waals surface area contributed by atoms with Gasteiger partial charge in [0.25, 0.3) is 0 Å². The quantitative estimate of drug-likeness (QED) is 0.817. The zero-order valence-corrected chi connectivity index (χ0v) is 9.98. The fourth-order valence-corrected chi connectivity index (χ4v) is 3.12. The van der Waals surface area contributed by atoms with Crippen LogP contribution in [-0.2, 0) is 5.41 Å². The van der Waals surface area contributed by atoms with Gasteiger partial charge in [-0.2, -0.15) is 0 Å². The molecule has 2 rings (SSSR count). The number of hydrogen-bond acceptors (Lipinski definition) is 1. The van der Waals surface area contributed by atoms with E-state index in [4.69, 9.17) is 17.3 Å². The van der Waals surface area contributed by atoms with Crippen molar-refractivity contribution in [3.63, 3.8) is 0 Å². The van der Waals surface area contributed by atoms with E-state index in [1.165, 1.54) is 36.8 Å². The van der Waals surface area contributed by atoms with Crippen LogP contribution < -0.4 is 5.73 Å². The zero-order chi connectivity index (χ0) is 10.9. The largest absolute Gasteiger partial charge is 0.330 e. The predicted octanol–water partition coefficient (Wildman–Crippen LogP) is 3.42. The molecule has 1 fully saturated rings. The van der Waals surface area contributed by atoms with E-state index in [1.54, 1.807) is 0 Å². The second kappa shape index (κ2) is 4.15. The topological polar surface area (TPSA) is 26.0 Å². The number of hydrogen-bond donors (Lipinski definition) is 1. The normalized spacial score (nSPS) is 19.4. The lowest BCUT2D eigenvalue weighted by Gasteiger charge is -2.29. The van der Waals surface area contributed by atoms with E-state index in [9.17, 15) is 0 Å². The minimum atomic E-state index is 0.158. The smallest absolute Gasteiger partial charge is 0.0446 e. The van der Waals surface area contributed by atoms with E-state index in [-0.39, 0.29) is 5.41 Å². The molecular weight excluding hydrogens is 206 g/mol. The first kappa shape index (κ1) is 11.0.